The van der Waals surface area contributed by atoms with Gasteiger partial charge in [-0.3, -0.25) is 0 Å². The summed E-state index contributed by atoms with van der Waals surface area (Å²) in [7, 11) is -3.46. The molecule has 1 saturated heterocycles. The lowest BCUT2D eigenvalue weighted by atomic mass is 10.2. The Labute approximate surface area is 151 Å². The summed E-state index contributed by atoms with van der Waals surface area (Å²) in [6, 6.07) is 6.88. The van der Waals surface area contributed by atoms with Gasteiger partial charge in [-0.1, -0.05) is 28.1 Å². The molecular formula is C16H23BrN2O4S. The molecule has 24 heavy (non-hydrogen) atoms. The number of benzene rings is 1. The van der Waals surface area contributed by atoms with Crippen molar-refractivity contribution in [3.8, 4) is 0 Å². The minimum Gasteiger partial charge on any atom is -0.444 e. The predicted octanol–water partition coefficient (Wildman–Crippen LogP) is 2.88. The lowest BCUT2D eigenvalue weighted by Gasteiger charge is -2.24. The number of halogens is 1. The van der Waals surface area contributed by atoms with Gasteiger partial charge < -0.3 is 9.64 Å². The molecule has 2 rings (SSSR count). The van der Waals surface area contributed by atoms with Crippen LogP contribution in [-0.4, -0.2) is 44.1 Å². The lowest BCUT2D eigenvalue weighted by Crippen LogP contribution is -2.40. The monoisotopic (exact) mass is 418 g/mol. The molecule has 134 valence electrons. The van der Waals surface area contributed by atoms with E-state index in [1.165, 1.54) is 4.90 Å². The predicted molar refractivity (Wildman–Crippen MR) is 96.1 cm³/mol. The Hall–Kier alpha value is -1.12. The fourth-order valence-electron chi connectivity index (χ4n) is 2.44. The fraction of sp³-hybridized carbons (Fsp3) is 0.562. The van der Waals surface area contributed by atoms with Crippen LogP contribution in [0.25, 0.3) is 0 Å². The number of amides is 1. The first kappa shape index (κ1) is 19.2. The van der Waals surface area contributed by atoms with E-state index in [0.717, 1.165) is 4.47 Å². The molecule has 1 fully saturated rings. The average molecular weight is 419 g/mol. The van der Waals surface area contributed by atoms with Gasteiger partial charge >= 0.3 is 6.09 Å². The van der Waals surface area contributed by atoms with Crippen LogP contribution in [-0.2, 0) is 20.5 Å². The van der Waals surface area contributed by atoms with Crippen LogP contribution < -0.4 is 4.72 Å². The molecule has 1 N–H and O–H groups in total. The number of nitrogens with one attached hydrogen (secondary N) is 1. The van der Waals surface area contributed by atoms with E-state index in [9.17, 15) is 13.2 Å². The maximum atomic E-state index is 12.3. The van der Waals surface area contributed by atoms with Crippen molar-refractivity contribution in [1.29, 1.82) is 0 Å². The fourth-order valence-corrected chi connectivity index (χ4v) is 4.12. The van der Waals surface area contributed by atoms with Crippen LogP contribution in [0.2, 0.25) is 0 Å². The summed E-state index contributed by atoms with van der Waals surface area (Å²) >= 11 is 3.32. The van der Waals surface area contributed by atoms with Crippen molar-refractivity contribution in [1.82, 2.24) is 9.62 Å². The van der Waals surface area contributed by atoms with Gasteiger partial charge in [0.2, 0.25) is 10.0 Å². The Balaban J connectivity index is 1.89. The van der Waals surface area contributed by atoms with Gasteiger partial charge in [-0.2, -0.15) is 0 Å². The Morgan fingerprint density at radius 2 is 1.96 bits per heavy atom. The third-order valence-electron chi connectivity index (χ3n) is 3.46. The Morgan fingerprint density at radius 3 is 2.54 bits per heavy atom. The van der Waals surface area contributed by atoms with E-state index in [0.29, 0.717) is 25.1 Å². The minimum atomic E-state index is -3.46. The standard InChI is InChI=1S/C16H23BrN2O4S/c1-16(2,3)23-15(20)19-9-8-14(10-19)18-24(21,22)11-12-4-6-13(17)7-5-12/h4-7,14,18H,8-11H2,1-3H3. The number of likely N-dealkylation sites (tertiary alicyclic amines) is 1. The van der Waals surface area contributed by atoms with Gasteiger partial charge in [0.15, 0.2) is 0 Å². The number of sulfonamides is 1. The summed E-state index contributed by atoms with van der Waals surface area (Å²) in [6.45, 7) is 6.23. The molecule has 1 atom stereocenters. The molecule has 0 spiro atoms. The average Bonchev–Trinajstić information content (AvgIpc) is 2.87. The number of ether oxygens (including phenoxy) is 1. The zero-order chi connectivity index (χ0) is 18.0. The molecule has 0 radical (unpaired) electrons. The number of nitrogens with zero attached hydrogens (tertiary/aromatic N) is 1. The van der Waals surface area contributed by atoms with Gasteiger partial charge in [0.05, 0.1) is 5.75 Å². The maximum absolute atomic E-state index is 12.3. The van der Waals surface area contributed by atoms with Gasteiger partial charge in [-0.05, 0) is 44.9 Å². The summed E-state index contributed by atoms with van der Waals surface area (Å²) in [4.78, 5) is 13.6. The first-order valence-electron chi connectivity index (χ1n) is 7.76. The second-order valence-corrected chi connectivity index (χ2v) is 9.58. The third kappa shape index (κ3) is 6.07. The number of carbonyl (C=O) groups is 1. The van der Waals surface area contributed by atoms with E-state index in [1.807, 2.05) is 12.1 Å². The summed E-state index contributed by atoms with van der Waals surface area (Å²) in [5.41, 5.74) is 0.156. The highest BCUT2D eigenvalue weighted by Gasteiger charge is 2.31. The van der Waals surface area contributed by atoms with Gasteiger partial charge in [0.1, 0.15) is 5.60 Å². The van der Waals surface area contributed by atoms with Crippen molar-refractivity contribution < 1.29 is 17.9 Å². The summed E-state index contributed by atoms with van der Waals surface area (Å²) < 4.78 is 33.5. The van der Waals surface area contributed by atoms with Crippen LogP contribution in [0, 0.1) is 0 Å². The van der Waals surface area contributed by atoms with Crippen LogP contribution in [0.5, 0.6) is 0 Å². The Kier molecular flexibility index (Phi) is 5.93. The molecule has 1 aliphatic rings. The molecule has 8 heteroatoms. The minimum absolute atomic E-state index is 0.0801. The molecule has 1 amide bonds. The van der Waals surface area contributed by atoms with Gasteiger partial charge in [-0.15, -0.1) is 0 Å². The van der Waals surface area contributed by atoms with E-state index < -0.39 is 21.7 Å². The van der Waals surface area contributed by atoms with Gasteiger partial charge in [-0.25, -0.2) is 17.9 Å². The highest BCUT2D eigenvalue weighted by molar-refractivity contribution is 9.10. The summed E-state index contributed by atoms with van der Waals surface area (Å²) in [5.74, 6) is -0.0801. The molecular weight excluding hydrogens is 396 g/mol. The third-order valence-corrected chi connectivity index (χ3v) is 5.39. The van der Waals surface area contributed by atoms with Crippen LogP contribution in [0.3, 0.4) is 0 Å². The molecule has 1 aromatic rings. The van der Waals surface area contributed by atoms with Crippen molar-refractivity contribution >= 4 is 32.0 Å². The number of carbonyl (C=O) groups excluding carboxylic acids is 1. The number of hydrogen-bond donors (Lipinski definition) is 1. The second kappa shape index (κ2) is 7.41. The van der Waals surface area contributed by atoms with E-state index >= 15 is 0 Å². The topological polar surface area (TPSA) is 75.7 Å². The summed E-state index contributed by atoms with van der Waals surface area (Å²) in [6.07, 6.45) is 0.177. The first-order valence-corrected chi connectivity index (χ1v) is 10.2. The van der Waals surface area contributed by atoms with Crippen molar-refractivity contribution in [2.45, 2.75) is 44.6 Å². The zero-order valence-electron chi connectivity index (χ0n) is 14.1. The SMILES string of the molecule is CC(C)(C)OC(=O)N1CCC(NS(=O)(=O)Cc2ccc(Br)cc2)C1. The first-order chi connectivity index (χ1) is 11.0. The van der Waals surface area contributed by atoms with Gasteiger partial charge in [0.25, 0.3) is 0 Å². The normalized spacial score (nSPS) is 18.7. The molecule has 1 aromatic carbocycles. The molecule has 0 aromatic heterocycles. The maximum Gasteiger partial charge on any atom is 0.410 e. The Bertz CT molecular complexity index is 683. The quantitative estimate of drug-likeness (QED) is 0.815. The van der Waals surface area contributed by atoms with Crippen LogP contribution in [0.15, 0.2) is 28.7 Å². The van der Waals surface area contributed by atoms with Crippen molar-refractivity contribution in [2.24, 2.45) is 0 Å². The highest BCUT2D eigenvalue weighted by Crippen LogP contribution is 2.17. The molecule has 1 heterocycles. The molecule has 0 bridgehead atoms. The molecule has 0 saturated carbocycles. The largest absolute Gasteiger partial charge is 0.444 e. The van der Waals surface area contributed by atoms with E-state index in [4.69, 9.17) is 4.74 Å². The number of hydrogen-bond acceptors (Lipinski definition) is 4. The van der Waals surface area contributed by atoms with Crippen molar-refractivity contribution in [3.63, 3.8) is 0 Å². The van der Waals surface area contributed by atoms with Crippen molar-refractivity contribution in [2.75, 3.05) is 13.1 Å². The zero-order valence-corrected chi connectivity index (χ0v) is 16.5. The second-order valence-electron chi connectivity index (χ2n) is 6.92. The number of rotatable bonds is 4. The highest BCUT2D eigenvalue weighted by atomic mass is 79.9. The molecule has 1 aliphatic heterocycles. The van der Waals surface area contributed by atoms with E-state index in [1.54, 1.807) is 32.9 Å². The van der Waals surface area contributed by atoms with E-state index in [2.05, 4.69) is 20.7 Å². The van der Waals surface area contributed by atoms with Crippen LogP contribution >= 0.6 is 15.9 Å². The van der Waals surface area contributed by atoms with Crippen LogP contribution in [0.1, 0.15) is 32.8 Å². The van der Waals surface area contributed by atoms with Gasteiger partial charge in [0, 0.05) is 23.6 Å². The van der Waals surface area contributed by atoms with Crippen LogP contribution in [0.4, 0.5) is 4.79 Å². The van der Waals surface area contributed by atoms with E-state index in [-0.39, 0.29) is 11.8 Å². The molecule has 6 nitrogen and oxygen atoms in total. The molecule has 0 aliphatic carbocycles. The summed E-state index contributed by atoms with van der Waals surface area (Å²) in [5, 5.41) is 0. The van der Waals surface area contributed by atoms with Crippen molar-refractivity contribution in [3.05, 3.63) is 34.3 Å². The smallest absolute Gasteiger partial charge is 0.410 e. The Morgan fingerprint density at radius 1 is 1.33 bits per heavy atom. The molecule has 1 unspecified atom stereocenters. The lowest BCUT2D eigenvalue weighted by molar-refractivity contribution is 0.0292.